The van der Waals surface area contributed by atoms with Crippen LogP contribution in [0.1, 0.15) is 13.3 Å². The van der Waals surface area contributed by atoms with E-state index in [1.54, 1.807) is 17.7 Å². The number of rotatable bonds is 2. The van der Waals surface area contributed by atoms with Crippen LogP contribution in [0.2, 0.25) is 0 Å². The molecule has 4 rings (SSSR count). The fraction of sp³-hybridized carbons (Fsp3) is 0.278. The molecule has 0 bridgehead atoms. The normalized spacial score (nSPS) is 18.5. The van der Waals surface area contributed by atoms with Gasteiger partial charge in [0.25, 0.3) is 0 Å². The van der Waals surface area contributed by atoms with E-state index < -0.39 is 0 Å². The van der Waals surface area contributed by atoms with Crippen molar-refractivity contribution in [1.82, 2.24) is 15.3 Å². The van der Waals surface area contributed by atoms with Crippen molar-refractivity contribution in [2.24, 2.45) is 0 Å². The summed E-state index contributed by atoms with van der Waals surface area (Å²) in [5.74, 6) is 1.02. The molecule has 3 heterocycles. The first-order valence-electron chi connectivity index (χ1n) is 8.05. The van der Waals surface area contributed by atoms with Crippen LogP contribution in [-0.2, 0) is 4.79 Å². The summed E-state index contributed by atoms with van der Waals surface area (Å²) < 4.78 is 0. The maximum Gasteiger partial charge on any atom is 0.222 e. The van der Waals surface area contributed by atoms with Crippen molar-refractivity contribution in [3.8, 4) is 10.4 Å². The third-order valence-electron chi connectivity index (χ3n) is 4.33. The van der Waals surface area contributed by atoms with Gasteiger partial charge >= 0.3 is 0 Å². The highest BCUT2D eigenvalue weighted by atomic mass is 32.1. The van der Waals surface area contributed by atoms with Gasteiger partial charge in [0.1, 0.15) is 17.0 Å². The van der Waals surface area contributed by atoms with Crippen molar-refractivity contribution in [3.05, 3.63) is 42.7 Å². The zero-order valence-electron chi connectivity index (χ0n) is 13.4. The lowest BCUT2D eigenvalue weighted by Crippen LogP contribution is -2.35. The fourth-order valence-corrected chi connectivity index (χ4v) is 4.12. The molecule has 1 aliphatic heterocycles. The number of nitrogens with zero attached hydrogens (tertiary/aromatic N) is 3. The van der Waals surface area contributed by atoms with Gasteiger partial charge in [-0.2, -0.15) is 0 Å². The van der Waals surface area contributed by atoms with Crippen molar-refractivity contribution >= 4 is 33.3 Å². The molecule has 1 aliphatic rings. The summed E-state index contributed by atoms with van der Waals surface area (Å²) in [6.07, 6.45) is 2.11. The molecule has 0 aliphatic carbocycles. The van der Waals surface area contributed by atoms with Gasteiger partial charge in [-0.3, -0.25) is 4.79 Å². The molecule has 5 nitrogen and oxygen atoms in total. The third-order valence-corrected chi connectivity index (χ3v) is 5.42. The molecule has 3 aromatic rings. The Kier molecular flexibility index (Phi) is 3.90. The second kappa shape index (κ2) is 6.20. The molecule has 0 spiro atoms. The van der Waals surface area contributed by atoms with E-state index in [1.807, 2.05) is 18.2 Å². The molecular weight excluding hydrogens is 320 g/mol. The van der Waals surface area contributed by atoms with E-state index in [1.165, 1.54) is 10.4 Å². The maximum absolute atomic E-state index is 11.8. The van der Waals surface area contributed by atoms with Gasteiger partial charge in [0, 0.05) is 30.4 Å². The van der Waals surface area contributed by atoms with Gasteiger partial charge in [-0.15, -0.1) is 11.3 Å². The first kappa shape index (κ1) is 15.1. The average molecular weight is 338 g/mol. The van der Waals surface area contributed by atoms with Crippen LogP contribution in [0, 0.1) is 0 Å². The zero-order valence-corrected chi connectivity index (χ0v) is 14.2. The van der Waals surface area contributed by atoms with Crippen molar-refractivity contribution in [2.75, 3.05) is 18.0 Å². The summed E-state index contributed by atoms with van der Waals surface area (Å²) >= 11 is 1.68. The molecule has 1 saturated heterocycles. The molecule has 24 heavy (non-hydrogen) atoms. The molecular formula is C18H18N4OS. The maximum atomic E-state index is 11.8. The molecule has 1 aromatic carbocycles. The van der Waals surface area contributed by atoms with E-state index in [9.17, 15) is 4.79 Å². The SMILES string of the molecule is C[C@@H]1CC(=O)NCCN1c1ncnc2sc(-c3ccccc3)cc12. The highest BCUT2D eigenvalue weighted by molar-refractivity contribution is 7.21. The van der Waals surface area contributed by atoms with Gasteiger partial charge in [0.2, 0.25) is 5.91 Å². The summed E-state index contributed by atoms with van der Waals surface area (Å²) in [7, 11) is 0. The van der Waals surface area contributed by atoms with E-state index in [2.05, 4.69) is 45.3 Å². The highest BCUT2D eigenvalue weighted by Gasteiger charge is 2.24. The first-order chi connectivity index (χ1) is 11.7. The Labute approximate surface area is 144 Å². The summed E-state index contributed by atoms with van der Waals surface area (Å²) in [4.78, 5) is 25.1. The average Bonchev–Trinajstić information content (AvgIpc) is 2.96. The predicted molar refractivity (Wildman–Crippen MR) is 97.3 cm³/mol. The van der Waals surface area contributed by atoms with Crippen LogP contribution in [0.4, 0.5) is 5.82 Å². The summed E-state index contributed by atoms with van der Waals surface area (Å²) in [5.41, 5.74) is 1.19. The Balaban J connectivity index is 1.78. The smallest absolute Gasteiger partial charge is 0.222 e. The Bertz CT molecular complexity index is 877. The van der Waals surface area contributed by atoms with Crippen molar-refractivity contribution in [3.63, 3.8) is 0 Å². The first-order valence-corrected chi connectivity index (χ1v) is 8.87. The Hall–Kier alpha value is -2.47. The number of thiophene rings is 1. The zero-order chi connectivity index (χ0) is 16.5. The largest absolute Gasteiger partial charge is 0.354 e. The van der Waals surface area contributed by atoms with E-state index >= 15 is 0 Å². The molecule has 1 amide bonds. The van der Waals surface area contributed by atoms with Gasteiger partial charge in [0.05, 0.1) is 5.39 Å². The molecule has 0 unspecified atom stereocenters. The number of hydrogen-bond acceptors (Lipinski definition) is 5. The molecule has 0 radical (unpaired) electrons. The number of anilines is 1. The molecule has 0 saturated carbocycles. The number of fused-ring (bicyclic) bond motifs is 1. The van der Waals surface area contributed by atoms with Crippen LogP contribution in [0.3, 0.4) is 0 Å². The van der Waals surface area contributed by atoms with Crippen LogP contribution in [0.15, 0.2) is 42.7 Å². The summed E-state index contributed by atoms with van der Waals surface area (Å²) in [6.45, 7) is 3.48. The molecule has 1 atom stereocenters. The van der Waals surface area contributed by atoms with Gasteiger partial charge in [0.15, 0.2) is 0 Å². The lowest BCUT2D eigenvalue weighted by Gasteiger charge is -2.27. The second-order valence-corrected chi connectivity index (χ2v) is 7.02. The van der Waals surface area contributed by atoms with E-state index in [4.69, 9.17) is 0 Å². The van der Waals surface area contributed by atoms with Crippen LogP contribution >= 0.6 is 11.3 Å². The van der Waals surface area contributed by atoms with E-state index in [-0.39, 0.29) is 11.9 Å². The Morgan fingerprint density at radius 1 is 1.25 bits per heavy atom. The van der Waals surface area contributed by atoms with Crippen LogP contribution in [0.25, 0.3) is 20.7 Å². The molecule has 1 fully saturated rings. The van der Waals surface area contributed by atoms with E-state index in [0.29, 0.717) is 13.0 Å². The van der Waals surface area contributed by atoms with Crippen LogP contribution in [-0.4, -0.2) is 35.0 Å². The standard InChI is InChI=1S/C18H18N4OS/c1-12-9-16(23)19-7-8-22(12)17-14-10-15(13-5-3-2-4-6-13)24-18(14)21-11-20-17/h2-6,10-12H,7-9H2,1H3,(H,19,23)/t12-/m1/s1. The number of aromatic nitrogens is 2. The minimum Gasteiger partial charge on any atom is -0.354 e. The Morgan fingerprint density at radius 2 is 2.08 bits per heavy atom. The van der Waals surface area contributed by atoms with Gasteiger partial charge in [-0.1, -0.05) is 30.3 Å². The molecule has 1 N–H and O–H groups in total. The van der Waals surface area contributed by atoms with Crippen LogP contribution in [0.5, 0.6) is 0 Å². The van der Waals surface area contributed by atoms with Gasteiger partial charge in [-0.25, -0.2) is 9.97 Å². The number of carbonyl (C=O) groups is 1. The number of nitrogens with one attached hydrogen (secondary N) is 1. The quantitative estimate of drug-likeness (QED) is 0.780. The topological polar surface area (TPSA) is 58.1 Å². The molecule has 2 aromatic heterocycles. The second-order valence-electron chi connectivity index (χ2n) is 5.99. The fourth-order valence-electron chi connectivity index (χ4n) is 3.12. The van der Waals surface area contributed by atoms with Crippen molar-refractivity contribution in [1.29, 1.82) is 0 Å². The monoisotopic (exact) mass is 338 g/mol. The lowest BCUT2D eigenvalue weighted by atomic mass is 10.1. The van der Waals surface area contributed by atoms with Gasteiger partial charge in [-0.05, 0) is 18.6 Å². The van der Waals surface area contributed by atoms with E-state index in [0.717, 1.165) is 22.6 Å². The predicted octanol–water partition coefficient (Wildman–Crippen LogP) is 3.07. The minimum atomic E-state index is 0.102. The highest BCUT2D eigenvalue weighted by Crippen LogP contribution is 2.36. The molecule has 122 valence electrons. The number of hydrogen-bond donors (Lipinski definition) is 1. The minimum absolute atomic E-state index is 0.102. The number of benzene rings is 1. The lowest BCUT2D eigenvalue weighted by molar-refractivity contribution is -0.120. The summed E-state index contributed by atoms with van der Waals surface area (Å²) in [6, 6.07) is 12.6. The van der Waals surface area contributed by atoms with Crippen molar-refractivity contribution in [2.45, 2.75) is 19.4 Å². The molecule has 6 heteroatoms. The number of amides is 1. The summed E-state index contributed by atoms with van der Waals surface area (Å²) in [5, 5.41) is 3.99. The number of carbonyl (C=O) groups excluding carboxylic acids is 1. The van der Waals surface area contributed by atoms with Crippen molar-refractivity contribution < 1.29 is 4.79 Å². The van der Waals surface area contributed by atoms with Gasteiger partial charge < -0.3 is 10.2 Å². The third kappa shape index (κ3) is 2.73. The Morgan fingerprint density at radius 3 is 2.92 bits per heavy atom. The van der Waals surface area contributed by atoms with Crippen LogP contribution < -0.4 is 10.2 Å².